The Bertz CT molecular complexity index is 408. The molecule has 1 aliphatic rings. The molecule has 0 atom stereocenters. The Labute approximate surface area is 110 Å². The summed E-state index contributed by atoms with van der Waals surface area (Å²) in [6, 6.07) is 2.04. The summed E-state index contributed by atoms with van der Waals surface area (Å²) in [4.78, 5) is 9.12. The molecule has 1 aromatic rings. The van der Waals surface area contributed by atoms with E-state index in [2.05, 4.69) is 41.4 Å². The molecular weight excluding hydrogens is 224 g/mol. The van der Waals surface area contributed by atoms with Crippen LogP contribution in [0.5, 0.6) is 0 Å². The summed E-state index contributed by atoms with van der Waals surface area (Å²) in [7, 11) is 0. The highest BCUT2D eigenvalue weighted by molar-refractivity contribution is 5.39. The van der Waals surface area contributed by atoms with Gasteiger partial charge in [0.2, 0.25) is 0 Å². The number of rotatable bonds is 3. The van der Waals surface area contributed by atoms with E-state index in [1.54, 1.807) is 0 Å². The molecule has 2 heterocycles. The summed E-state index contributed by atoms with van der Waals surface area (Å²) in [6.45, 7) is 10.7. The van der Waals surface area contributed by atoms with Gasteiger partial charge in [-0.2, -0.15) is 0 Å². The fourth-order valence-electron chi connectivity index (χ4n) is 2.33. The summed E-state index contributed by atoms with van der Waals surface area (Å²) in [6.07, 6.45) is 2.26. The second-order valence-corrected chi connectivity index (χ2v) is 5.84. The van der Waals surface area contributed by atoms with Gasteiger partial charge in [0.15, 0.2) is 0 Å². The monoisotopic (exact) mass is 248 g/mol. The van der Waals surface area contributed by atoms with Crippen molar-refractivity contribution >= 4 is 5.82 Å². The van der Waals surface area contributed by atoms with E-state index >= 15 is 0 Å². The average molecular weight is 248 g/mol. The van der Waals surface area contributed by atoms with Crippen molar-refractivity contribution in [1.82, 2.24) is 15.3 Å². The molecule has 0 bridgehead atoms. The lowest BCUT2D eigenvalue weighted by atomic mass is 9.90. The molecular formula is C14H24N4. The van der Waals surface area contributed by atoms with Crippen molar-refractivity contribution < 1.29 is 0 Å². The average Bonchev–Trinajstić information content (AvgIpc) is 2.28. The Balaban J connectivity index is 2.17. The van der Waals surface area contributed by atoms with Gasteiger partial charge in [-0.15, -0.1) is 0 Å². The molecule has 1 fully saturated rings. The van der Waals surface area contributed by atoms with Crippen LogP contribution in [0.15, 0.2) is 6.07 Å². The molecule has 1 aromatic heterocycles. The largest absolute Gasteiger partial charge is 0.365 e. The fraction of sp³-hybridized carbons (Fsp3) is 0.714. The van der Waals surface area contributed by atoms with Crippen LogP contribution < -0.4 is 10.6 Å². The summed E-state index contributed by atoms with van der Waals surface area (Å²) < 4.78 is 0. The van der Waals surface area contributed by atoms with E-state index in [9.17, 15) is 0 Å². The predicted molar refractivity (Wildman–Crippen MR) is 75.0 cm³/mol. The normalized spacial score (nSPS) is 18.9. The van der Waals surface area contributed by atoms with E-state index in [0.717, 1.165) is 43.3 Å². The van der Waals surface area contributed by atoms with E-state index in [0.29, 0.717) is 5.92 Å². The van der Waals surface area contributed by atoms with Crippen LogP contribution in [0.1, 0.15) is 51.0 Å². The minimum absolute atomic E-state index is 0.153. The van der Waals surface area contributed by atoms with Gasteiger partial charge in [-0.25, -0.2) is 9.97 Å². The second-order valence-electron chi connectivity index (χ2n) is 5.84. The molecule has 0 saturated carbocycles. The number of piperidine rings is 1. The lowest BCUT2D eigenvalue weighted by Gasteiger charge is -2.35. The van der Waals surface area contributed by atoms with Crippen LogP contribution in [0.25, 0.3) is 0 Å². The van der Waals surface area contributed by atoms with Gasteiger partial charge < -0.3 is 10.6 Å². The number of aromatic nitrogens is 2. The first-order chi connectivity index (χ1) is 8.48. The van der Waals surface area contributed by atoms with Crippen molar-refractivity contribution in [2.45, 2.75) is 52.0 Å². The molecule has 18 heavy (non-hydrogen) atoms. The third-order valence-corrected chi connectivity index (χ3v) is 3.52. The van der Waals surface area contributed by atoms with Crippen LogP contribution in [0.4, 0.5) is 5.82 Å². The summed E-state index contributed by atoms with van der Waals surface area (Å²) in [5.74, 6) is 2.26. The van der Waals surface area contributed by atoms with Crippen LogP contribution in [-0.4, -0.2) is 28.6 Å². The lowest BCUT2D eigenvalue weighted by Crippen LogP contribution is -2.45. The van der Waals surface area contributed by atoms with E-state index in [4.69, 9.17) is 0 Å². The Hall–Kier alpha value is -1.16. The maximum atomic E-state index is 4.63. The van der Waals surface area contributed by atoms with Crippen molar-refractivity contribution in [3.8, 4) is 0 Å². The van der Waals surface area contributed by atoms with Crippen LogP contribution in [0.2, 0.25) is 0 Å². The van der Waals surface area contributed by atoms with Gasteiger partial charge in [0.1, 0.15) is 11.6 Å². The quantitative estimate of drug-likeness (QED) is 0.862. The molecule has 100 valence electrons. The van der Waals surface area contributed by atoms with Gasteiger partial charge in [0, 0.05) is 23.2 Å². The van der Waals surface area contributed by atoms with Crippen molar-refractivity contribution in [2.75, 3.05) is 18.4 Å². The van der Waals surface area contributed by atoms with Crippen LogP contribution in [0, 0.1) is 6.92 Å². The maximum absolute atomic E-state index is 4.63. The topological polar surface area (TPSA) is 49.8 Å². The molecule has 0 unspecified atom stereocenters. The molecule has 0 spiro atoms. The first-order valence-corrected chi connectivity index (χ1v) is 6.83. The first-order valence-electron chi connectivity index (χ1n) is 6.83. The Kier molecular flexibility index (Phi) is 3.85. The van der Waals surface area contributed by atoms with E-state index in [1.165, 1.54) is 0 Å². The van der Waals surface area contributed by atoms with Crippen molar-refractivity contribution in [3.63, 3.8) is 0 Å². The van der Waals surface area contributed by atoms with Gasteiger partial charge in [-0.05, 0) is 39.8 Å². The second kappa shape index (κ2) is 5.22. The summed E-state index contributed by atoms with van der Waals surface area (Å²) >= 11 is 0. The lowest BCUT2D eigenvalue weighted by molar-refractivity contribution is 0.364. The SMILES string of the molecule is Cc1cc(NC2(C)CCNCC2)nc(C(C)C)n1. The highest BCUT2D eigenvalue weighted by atomic mass is 15.1. The molecule has 1 aliphatic heterocycles. The molecule has 4 heteroatoms. The highest BCUT2D eigenvalue weighted by Gasteiger charge is 2.26. The van der Waals surface area contributed by atoms with Crippen molar-refractivity contribution in [1.29, 1.82) is 0 Å². The number of nitrogens with zero attached hydrogens (tertiary/aromatic N) is 2. The van der Waals surface area contributed by atoms with E-state index in [1.807, 2.05) is 13.0 Å². The molecule has 1 saturated heterocycles. The van der Waals surface area contributed by atoms with E-state index < -0.39 is 0 Å². The number of aryl methyl sites for hydroxylation is 1. The van der Waals surface area contributed by atoms with Gasteiger partial charge in [-0.3, -0.25) is 0 Å². The highest BCUT2D eigenvalue weighted by Crippen LogP contribution is 2.23. The smallest absolute Gasteiger partial charge is 0.133 e. The van der Waals surface area contributed by atoms with Crippen LogP contribution in [-0.2, 0) is 0 Å². The van der Waals surface area contributed by atoms with Gasteiger partial charge in [0.05, 0.1) is 0 Å². The zero-order valence-corrected chi connectivity index (χ0v) is 11.9. The Morgan fingerprint density at radius 2 is 1.94 bits per heavy atom. The molecule has 2 rings (SSSR count). The third-order valence-electron chi connectivity index (χ3n) is 3.52. The molecule has 0 aromatic carbocycles. The predicted octanol–water partition coefficient (Wildman–Crippen LogP) is 2.46. The summed E-state index contributed by atoms with van der Waals surface area (Å²) in [5, 5.41) is 7.00. The zero-order chi connectivity index (χ0) is 13.2. The molecule has 2 N–H and O–H groups in total. The summed E-state index contributed by atoms with van der Waals surface area (Å²) in [5.41, 5.74) is 1.19. The Morgan fingerprint density at radius 3 is 2.56 bits per heavy atom. The number of anilines is 1. The minimum atomic E-state index is 0.153. The first kappa shape index (κ1) is 13.3. The van der Waals surface area contributed by atoms with E-state index in [-0.39, 0.29) is 5.54 Å². The van der Waals surface area contributed by atoms with Crippen molar-refractivity contribution in [2.24, 2.45) is 0 Å². The number of nitrogens with one attached hydrogen (secondary N) is 2. The van der Waals surface area contributed by atoms with Gasteiger partial charge in [0.25, 0.3) is 0 Å². The maximum Gasteiger partial charge on any atom is 0.133 e. The standard InChI is InChI=1S/C14H24N4/c1-10(2)13-16-11(3)9-12(17-13)18-14(4)5-7-15-8-6-14/h9-10,15H,5-8H2,1-4H3,(H,16,17,18). The number of hydrogen-bond acceptors (Lipinski definition) is 4. The van der Waals surface area contributed by atoms with Crippen LogP contribution in [0.3, 0.4) is 0 Å². The van der Waals surface area contributed by atoms with Gasteiger partial charge in [-0.1, -0.05) is 13.8 Å². The molecule has 4 nitrogen and oxygen atoms in total. The molecule has 0 radical (unpaired) electrons. The van der Waals surface area contributed by atoms with Crippen molar-refractivity contribution in [3.05, 3.63) is 17.6 Å². The van der Waals surface area contributed by atoms with Crippen LogP contribution >= 0.6 is 0 Å². The molecule has 0 aliphatic carbocycles. The fourth-order valence-corrected chi connectivity index (χ4v) is 2.33. The minimum Gasteiger partial charge on any atom is -0.365 e. The van der Waals surface area contributed by atoms with Gasteiger partial charge >= 0.3 is 0 Å². The Morgan fingerprint density at radius 1 is 1.28 bits per heavy atom. The zero-order valence-electron chi connectivity index (χ0n) is 11.9. The number of hydrogen-bond donors (Lipinski definition) is 2. The molecule has 0 amide bonds. The third kappa shape index (κ3) is 3.19.